The lowest BCUT2D eigenvalue weighted by molar-refractivity contribution is -0.148. The molecule has 0 aliphatic carbocycles. The van der Waals surface area contributed by atoms with Crippen LogP contribution in [0, 0.1) is 0 Å². The third-order valence-corrected chi connectivity index (χ3v) is 3.32. The second kappa shape index (κ2) is 9.27. The van der Waals surface area contributed by atoms with Crippen molar-refractivity contribution in [1.29, 1.82) is 0 Å². The average Bonchev–Trinajstić information content (AvgIpc) is 2.62. The molecule has 25 heavy (non-hydrogen) atoms. The first-order valence-electron chi connectivity index (χ1n) is 8.06. The van der Waals surface area contributed by atoms with Crippen LogP contribution in [0.5, 0.6) is 5.75 Å². The van der Waals surface area contributed by atoms with Gasteiger partial charge in [-0.3, -0.25) is 4.79 Å². The molecule has 0 aromatic heterocycles. The summed E-state index contributed by atoms with van der Waals surface area (Å²) in [5.74, 6) is -0.298. The van der Waals surface area contributed by atoms with Crippen molar-refractivity contribution in [3.63, 3.8) is 0 Å². The van der Waals surface area contributed by atoms with E-state index in [1.54, 1.807) is 18.2 Å². The van der Waals surface area contributed by atoms with Gasteiger partial charge in [-0.25, -0.2) is 4.79 Å². The molecular weight excluding hydrogens is 318 g/mol. The number of hydrogen-bond acceptors (Lipinski definition) is 4. The van der Waals surface area contributed by atoms with Crippen molar-refractivity contribution < 1.29 is 19.1 Å². The van der Waals surface area contributed by atoms with E-state index in [9.17, 15) is 9.59 Å². The average molecular weight is 339 g/mol. The molecule has 0 unspecified atom stereocenters. The molecule has 5 heteroatoms. The molecule has 0 saturated heterocycles. The van der Waals surface area contributed by atoms with Crippen molar-refractivity contribution in [1.82, 2.24) is 0 Å². The van der Waals surface area contributed by atoms with Gasteiger partial charge in [0.05, 0.1) is 6.61 Å². The molecule has 130 valence electrons. The van der Waals surface area contributed by atoms with Gasteiger partial charge >= 0.3 is 5.97 Å². The van der Waals surface area contributed by atoms with Crippen molar-refractivity contribution in [2.75, 3.05) is 11.9 Å². The Labute approximate surface area is 147 Å². The van der Waals surface area contributed by atoms with E-state index in [0.29, 0.717) is 18.0 Å². The summed E-state index contributed by atoms with van der Waals surface area (Å²) in [5, 5.41) is 2.69. The molecule has 0 fully saturated rings. The number of para-hydroxylation sites is 2. The number of nitrogens with one attached hydrogen (secondary N) is 1. The molecule has 0 spiro atoms. The second-order valence-electron chi connectivity index (χ2n) is 5.24. The van der Waals surface area contributed by atoms with Crippen LogP contribution >= 0.6 is 0 Å². The van der Waals surface area contributed by atoms with Gasteiger partial charge in [0, 0.05) is 17.3 Å². The van der Waals surface area contributed by atoms with E-state index in [0.717, 1.165) is 5.56 Å². The highest BCUT2D eigenvalue weighted by Crippen LogP contribution is 2.19. The largest absolute Gasteiger partial charge is 0.493 e. The number of hydrogen-bond donors (Lipinski definition) is 1. The second-order valence-corrected chi connectivity index (χ2v) is 5.24. The molecule has 5 nitrogen and oxygen atoms in total. The van der Waals surface area contributed by atoms with Crippen molar-refractivity contribution in [2.45, 2.75) is 20.0 Å². The summed E-state index contributed by atoms with van der Waals surface area (Å²) in [7, 11) is 0. The first kappa shape index (κ1) is 18.3. The maximum atomic E-state index is 12.0. The van der Waals surface area contributed by atoms with E-state index >= 15 is 0 Å². The molecule has 2 aromatic rings. The van der Waals surface area contributed by atoms with Crippen molar-refractivity contribution in [3.05, 3.63) is 66.2 Å². The van der Waals surface area contributed by atoms with E-state index in [1.165, 1.54) is 13.0 Å². The number of carbonyl (C=O) groups is 2. The maximum absolute atomic E-state index is 12.0. The highest BCUT2D eigenvalue weighted by Gasteiger charge is 2.16. The molecule has 2 rings (SSSR count). The van der Waals surface area contributed by atoms with Crippen LogP contribution in [0.25, 0.3) is 6.08 Å². The lowest BCUT2D eigenvalue weighted by atomic mass is 10.2. The molecular formula is C20H21NO4. The van der Waals surface area contributed by atoms with Crippen molar-refractivity contribution in [3.8, 4) is 5.75 Å². The van der Waals surface area contributed by atoms with Gasteiger partial charge in [0.1, 0.15) is 5.75 Å². The topological polar surface area (TPSA) is 64.6 Å². The van der Waals surface area contributed by atoms with Crippen LogP contribution < -0.4 is 10.1 Å². The Morgan fingerprint density at radius 1 is 1.08 bits per heavy atom. The quantitative estimate of drug-likeness (QED) is 0.617. The summed E-state index contributed by atoms with van der Waals surface area (Å²) in [5.41, 5.74) is 1.42. The first-order chi connectivity index (χ1) is 12.1. The van der Waals surface area contributed by atoms with Crippen molar-refractivity contribution in [2.24, 2.45) is 0 Å². The summed E-state index contributed by atoms with van der Waals surface area (Å²) in [6.07, 6.45) is 1.98. The number of anilines is 1. The Hall–Kier alpha value is -3.08. The van der Waals surface area contributed by atoms with Crippen LogP contribution in [0.15, 0.2) is 60.7 Å². The van der Waals surface area contributed by atoms with Crippen LogP contribution in [0.3, 0.4) is 0 Å². The van der Waals surface area contributed by atoms with E-state index in [2.05, 4.69) is 5.32 Å². The van der Waals surface area contributed by atoms with Crippen LogP contribution in [-0.2, 0) is 14.3 Å². The Morgan fingerprint density at radius 2 is 1.76 bits per heavy atom. The van der Waals surface area contributed by atoms with Gasteiger partial charge in [0.25, 0.3) is 5.91 Å². The highest BCUT2D eigenvalue weighted by atomic mass is 16.5. The summed E-state index contributed by atoms with van der Waals surface area (Å²) >= 11 is 0. The van der Waals surface area contributed by atoms with Gasteiger partial charge in [-0.2, -0.15) is 0 Å². The first-order valence-corrected chi connectivity index (χ1v) is 8.06. The number of rotatable bonds is 7. The van der Waals surface area contributed by atoms with E-state index in [4.69, 9.17) is 9.47 Å². The fourth-order valence-corrected chi connectivity index (χ4v) is 2.10. The summed E-state index contributed by atoms with van der Waals surface area (Å²) in [4.78, 5) is 24.0. The normalized spacial score (nSPS) is 11.8. The lowest BCUT2D eigenvalue weighted by Crippen LogP contribution is -2.29. The number of ether oxygens (including phenoxy) is 2. The highest BCUT2D eigenvalue weighted by molar-refractivity contribution is 5.96. The molecule has 0 heterocycles. The van der Waals surface area contributed by atoms with Gasteiger partial charge in [-0.15, -0.1) is 0 Å². The zero-order valence-corrected chi connectivity index (χ0v) is 14.3. The minimum atomic E-state index is -0.903. The van der Waals surface area contributed by atoms with Gasteiger partial charge in [0.15, 0.2) is 6.10 Å². The lowest BCUT2D eigenvalue weighted by Gasteiger charge is -2.12. The van der Waals surface area contributed by atoms with Crippen LogP contribution in [0.2, 0.25) is 0 Å². The summed E-state index contributed by atoms with van der Waals surface area (Å²) < 4.78 is 10.6. The third kappa shape index (κ3) is 5.80. The molecule has 1 amide bonds. The van der Waals surface area contributed by atoms with Crippen LogP contribution in [0.1, 0.15) is 19.4 Å². The van der Waals surface area contributed by atoms with E-state index < -0.39 is 12.1 Å². The Kier molecular flexibility index (Phi) is 6.77. The molecule has 0 aliphatic rings. The molecule has 0 bridgehead atoms. The fourth-order valence-electron chi connectivity index (χ4n) is 2.10. The Bertz CT molecular complexity index is 740. The molecule has 0 radical (unpaired) electrons. The predicted octanol–water partition coefficient (Wildman–Crippen LogP) is 3.67. The monoisotopic (exact) mass is 339 g/mol. The number of amides is 1. The molecule has 1 N–H and O–H groups in total. The molecule has 0 aliphatic heterocycles. The van der Waals surface area contributed by atoms with Gasteiger partial charge in [-0.05, 0) is 38.1 Å². The fraction of sp³-hybridized carbons (Fsp3) is 0.200. The Morgan fingerprint density at radius 3 is 2.48 bits per heavy atom. The molecule has 1 atom stereocenters. The SMILES string of the molecule is CCOc1ccccc1/C=C/C(=O)O[C@@H](C)C(=O)Nc1ccccc1. The zero-order chi connectivity index (χ0) is 18.1. The standard InChI is InChI=1S/C20H21NO4/c1-3-24-18-12-8-7-9-16(18)13-14-19(22)25-15(2)20(23)21-17-10-5-4-6-11-17/h4-15H,3H2,1-2H3,(H,21,23)/b14-13+/t15-/m0/s1. The number of esters is 1. The minimum absolute atomic E-state index is 0.386. The number of carbonyl (C=O) groups excluding carboxylic acids is 2. The smallest absolute Gasteiger partial charge is 0.331 e. The van der Waals surface area contributed by atoms with Crippen LogP contribution in [-0.4, -0.2) is 24.6 Å². The van der Waals surface area contributed by atoms with Gasteiger partial charge in [0.2, 0.25) is 0 Å². The summed E-state index contributed by atoms with van der Waals surface area (Å²) in [6.45, 7) is 3.95. The van der Waals surface area contributed by atoms with E-state index in [1.807, 2.05) is 49.4 Å². The van der Waals surface area contributed by atoms with Gasteiger partial charge < -0.3 is 14.8 Å². The maximum Gasteiger partial charge on any atom is 0.331 e. The number of benzene rings is 2. The van der Waals surface area contributed by atoms with Crippen molar-refractivity contribution >= 4 is 23.6 Å². The summed E-state index contributed by atoms with van der Waals surface area (Å²) in [6, 6.07) is 16.4. The van der Waals surface area contributed by atoms with Crippen LogP contribution in [0.4, 0.5) is 5.69 Å². The zero-order valence-electron chi connectivity index (χ0n) is 14.3. The van der Waals surface area contributed by atoms with E-state index in [-0.39, 0.29) is 5.91 Å². The Balaban J connectivity index is 1.92. The van der Waals surface area contributed by atoms with Gasteiger partial charge in [-0.1, -0.05) is 36.4 Å². The predicted molar refractivity (Wildman–Crippen MR) is 97.3 cm³/mol. The molecule has 0 saturated carbocycles. The third-order valence-electron chi connectivity index (χ3n) is 3.32. The minimum Gasteiger partial charge on any atom is -0.493 e. The molecule has 2 aromatic carbocycles.